The molecular weight excluding hydrogens is 540 g/mol. The summed E-state index contributed by atoms with van der Waals surface area (Å²) in [5.74, 6) is -5.09. The molecule has 5 N–H and O–H groups in total. The zero-order chi connectivity index (χ0) is 31.3. The molecule has 2 rings (SSSR count). The third kappa shape index (κ3) is 10.8. The fourth-order valence-corrected chi connectivity index (χ4v) is 3.98. The van der Waals surface area contributed by atoms with Crippen molar-refractivity contribution in [2.75, 3.05) is 6.54 Å². The van der Waals surface area contributed by atoms with Crippen LogP contribution in [0.3, 0.4) is 0 Å². The van der Waals surface area contributed by atoms with E-state index in [1.165, 1.54) is 13.8 Å². The first kappa shape index (κ1) is 33.7. The average Bonchev–Trinajstić information content (AvgIpc) is 2.95. The highest BCUT2D eigenvalue weighted by molar-refractivity contribution is 6.36. The summed E-state index contributed by atoms with van der Waals surface area (Å²) < 4.78 is 0. The molecule has 4 amide bonds. The average molecular weight is 581 g/mol. The fourth-order valence-electron chi connectivity index (χ4n) is 3.98. The van der Waals surface area contributed by atoms with Crippen LogP contribution in [0.2, 0.25) is 0 Å². The SMILES string of the molecule is CC[C@H](C)[C@H](NC(=O)C(=O)CCNC(=O)[C@H](Cc1ccccc1)NC(=O)Cc1ccccc1)C(=O)NC(C)(C)C(=O)O. The van der Waals surface area contributed by atoms with Crippen LogP contribution in [0.5, 0.6) is 0 Å². The Morgan fingerprint density at radius 2 is 1.40 bits per heavy atom. The van der Waals surface area contributed by atoms with Crippen molar-refractivity contribution in [2.24, 2.45) is 5.92 Å². The highest BCUT2D eigenvalue weighted by Crippen LogP contribution is 2.11. The lowest BCUT2D eigenvalue weighted by atomic mass is 9.96. The summed E-state index contributed by atoms with van der Waals surface area (Å²) in [6.45, 7) is 5.94. The van der Waals surface area contributed by atoms with Gasteiger partial charge in [0.1, 0.15) is 17.6 Å². The summed E-state index contributed by atoms with van der Waals surface area (Å²) in [7, 11) is 0. The van der Waals surface area contributed by atoms with Gasteiger partial charge in [-0.25, -0.2) is 4.79 Å². The first-order chi connectivity index (χ1) is 19.8. The molecule has 11 nitrogen and oxygen atoms in total. The van der Waals surface area contributed by atoms with Gasteiger partial charge in [-0.2, -0.15) is 0 Å². The molecule has 0 radical (unpaired) electrons. The summed E-state index contributed by atoms with van der Waals surface area (Å²) in [6, 6.07) is 16.2. The van der Waals surface area contributed by atoms with Crippen molar-refractivity contribution in [3.63, 3.8) is 0 Å². The number of nitrogens with one attached hydrogen (secondary N) is 4. The number of carboxylic acids is 1. The Morgan fingerprint density at radius 3 is 1.95 bits per heavy atom. The number of hydrogen-bond donors (Lipinski definition) is 5. The molecule has 42 heavy (non-hydrogen) atoms. The number of carboxylic acid groups (broad SMARTS) is 1. The number of aliphatic carboxylic acids is 1. The van der Waals surface area contributed by atoms with E-state index in [0.29, 0.717) is 6.42 Å². The molecule has 0 unspecified atom stereocenters. The molecule has 0 aliphatic carbocycles. The number of ketones is 1. The molecule has 226 valence electrons. The molecule has 0 fully saturated rings. The third-order valence-electron chi connectivity index (χ3n) is 6.80. The highest BCUT2D eigenvalue weighted by Gasteiger charge is 2.35. The normalized spacial score (nSPS) is 13.1. The minimum Gasteiger partial charge on any atom is -0.480 e. The summed E-state index contributed by atoms with van der Waals surface area (Å²) in [6.07, 6.45) is 0.449. The van der Waals surface area contributed by atoms with Gasteiger partial charge in [0.2, 0.25) is 23.5 Å². The van der Waals surface area contributed by atoms with Gasteiger partial charge >= 0.3 is 5.97 Å². The van der Waals surface area contributed by atoms with E-state index in [2.05, 4.69) is 21.3 Å². The number of benzene rings is 2. The minimum atomic E-state index is -1.57. The molecule has 0 heterocycles. The number of rotatable bonds is 16. The molecule has 0 saturated carbocycles. The van der Waals surface area contributed by atoms with Crippen molar-refractivity contribution in [1.82, 2.24) is 21.3 Å². The van der Waals surface area contributed by atoms with Crippen LogP contribution in [-0.4, -0.2) is 64.7 Å². The van der Waals surface area contributed by atoms with Crippen LogP contribution in [0.1, 0.15) is 51.7 Å². The van der Waals surface area contributed by atoms with Crippen molar-refractivity contribution in [3.05, 3.63) is 71.8 Å². The summed E-state index contributed by atoms with van der Waals surface area (Å²) in [5.41, 5.74) is 0.0455. The van der Waals surface area contributed by atoms with E-state index in [9.17, 15) is 33.9 Å². The maximum absolute atomic E-state index is 13.0. The summed E-state index contributed by atoms with van der Waals surface area (Å²) in [4.78, 5) is 75.1. The van der Waals surface area contributed by atoms with Crippen LogP contribution in [0.15, 0.2) is 60.7 Å². The smallest absolute Gasteiger partial charge is 0.328 e. The van der Waals surface area contributed by atoms with Crippen molar-refractivity contribution in [3.8, 4) is 0 Å². The molecule has 0 bridgehead atoms. The van der Waals surface area contributed by atoms with E-state index < -0.39 is 47.1 Å². The molecule has 0 saturated heterocycles. The van der Waals surface area contributed by atoms with E-state index in [-0.39, 0.29) is 37.6 Å². The van der Waals surface area contributed by atoms with Crippen LogP contribution >= 0.6 is 0 Å². The van der Waals surface area contributed by atoms with Crippen molar-refractivity contribution >= 4 is 35.4 Å². The molecule has 11 heteroatoms. The van der Waals surface area contributed by atoms with Crippen molar-refractivity contribution in [2.45, 2.75) is 71.0 Å². The fraction of sp³-hybridized carbons (Fsp3) is 0.419. The Kier molecular flexibility index (Phi) is 12.9. The monoisotopic (exact) mass is 580 g/mol. The quantitative estimate of drug-likeness (QED) is 0.188. The standard InChI is InChI=1S/C31H40N4O7/c1-5-20(2)26(29(40)35-31(3,4)30(41)42)34-28(39)24(36)16-17-32-27(38)23(18-21-12-8-6-9-13-21)33-25(37)19-22-14-10-7-11-15-22/h6-15,20,23,26H,5,16-19H2,1-4H3,(H,32,38)(H,33,37)(H,34,39)(H,35,40)(H,41,42)/t20-,23-,26-/m0/s1. The third-order valence-corrected chi connectivity index (χ3v) is 6.80. The molecule has 0 aliphatic heterocycles. The Balaban J connectivity index is 1.99. The molecular formula is C31H40N4O7. The maximum Gasteiger partial charge on any atom is 0.328 e. The van der Waals surface area contributed by atoms with Crippen LogP contribution in [-0.2, 0) is 41.6 Å². The number of hydrogen-bond acceptors (Lipinski definition) is 6. The zero-order valence-corrected chi connectivity index (χ0v) is 24.4. The Morgan fingerprint density at radius 1 is 0.833 bits per heavy atom. The van der Waals surface area contributed by atoms with E-state index in [4.69, 9.17) is 0 Å². The lowest BCUT2D eigenvalue weighted by molar-refractivity contribution is -0.147. The van der Waals surface area contributed by atoms with Gasteiger partial charge in [-0.15, -0.1) is 0 Å². The number of carbonyl (C=O) groups excluding carboxylic acids is 5. The van der Waals surface area contributed by atoms with Gasteiger partial charge in [-0.05, 0) is 30.9 Å². The van der Waals surface area contributed by atoms with Crippen LogP contribution in [0, 0.1) is 5.92 Å². The minimum absolute atomic E-state index is 0.0899. The zero-order valence-electron chi connectivity index (χ0n) is 24.4. The van der Waals surface area contributed by atoms with Gasteiger partial charge in [0.05, 0.1) is 6.42 Å². The van der Waals surface area contributed by atoms with Crippen molar-refractivity contribution in [1.29, 1.82) is 0 Å². The topological polar surface area (TPSA) is 171 Å². The van der Waals surface area contributed by atoms with Gasteiger partial charge in [0.15, 0.2) is 0 Å². The van der Waals surface area contributed by atoms with Crippen LogP contribution in [0.25, 0.3) is 0 Å². The molecule has 0 aliphatic rings. The van der Waals surface area contributed by atoms with Gasteiger partial charge in [-0.1, -0.05) is 80.9 Å². The molecule has 0 spiro atoms. The second-order valence-electron chi connectivity index (χ2n) is 10.7. The van der Waals surface area contributed by atoms with Gasteiger partial charge in [-0.3, -0.25) is 24.0 Å². The summed E-state index contributed by atoms with van der Waals surface area (Å²) >= 11 is 0. The van der Waals surface area contributed by atoms with Gasteiger partial charge < -0.3 is 26.4 Å². The first-order valence-corrected chi connectivity index (χ1v) is 13.9. The van der Waals surface area contributed by atoms with E-state index in [1.54, 1.807) is 13.8 Å². The molecule has 2 aromatic carbocycles. The van der Waals surface area contributed by atoms with Gasteiger partial charge in [0.25, 0.3) is 5.91 Å². The van der Waals surface area contributed by atoms with Crippen LogP contribution < -0.4 is 21.3 Å². The Labute approximate surface area is 245 Å². The van der Waals surface area contributed by atoms with Crippen molar-refractivity contribution < 1.29 is 33.9 Å². The Bertz CT molecular complexity index is 1250. The predicted molar refractivity (Wildman–Crippen MR) is 156 cm³/mol. The molecule has 0 aromatic heterocycles. The van der Waals surface area contributed by atoms with Crippen LogP contribution in [0.4, 0.5) is 0 Å². The highest BCUT2D eigenvalue weighted by atomic mass is 16.4. The molecule has 3 atom stereocenters. The number of amides is 4. The second-order valence-corrected chi connectivity index (χ2v) is 10.7. The number of Topliss-reactive ketones (excluding diaryl/α,β-unsaturated/α-hetero) is 1. The van der Waals surface area contributed by atoms with E-state index >= 15 is 0 Å². The van der Waals surface area contributed by atoms with E-state index in [0.717, 1.165) is 11.1 Å². The Hall–Kier alpha value is -4.54. The largest absolute Gasteiger partial charge is 0.480 e. The predicted octanol–water partition coefficient (Wildman–Crippen LogP) is 1.54. The lowest BCUT2D eigenvalue weighted by Gasteiger charge is -2.28. The molecule has 2 aromatic rings. The second kappa shape index (κ2) is 16.0. The maximum atomic E-state index is 13.0. The summed E-state index contributed by atoms with van der Waals surface area (Å²) in [5, 5.41) is 19.5. The van der Waals surface area contributed by atoms with Gasteiger partial charge in [0, 0.05) is 19.4 Å². The number of carbonyl (C=O) groups is 6. The first-order valence-electron chi connectivity index (χ1n) is 13.9. The lowest BCUT2D eigenvalue weighted by Crippen LogP contribution is -2.58. The van der Waals surface area contributed by atoms with E-state index in [1.807, 2.05) is 60.7 Å².